The number of hydrogen-bond donors (Lipinski definition) is 0. The van der Waals surface area contributed by atoms with Gasteiger partial charge in [0.2, 0.25) is 4.46 Å². The summed E-state index contributed by atoms with van der Waals surface area (Å²) in [6.07, 6.45) is 5.94. The first-order valence-corrected chi connectivity index (χ1v) is 6.93. The summed E-state index contributed by atoms with van der Waals surface area (Å²) in [4.78, 5) is 2.06. The maximum absolute atomic E-state index is 6.65. The molecule has 1 aliphatic heterocycles. The molecule has 16 heavy (non-hydrogen) atoms. The fourth-order valence-electron chi connectivity index (χ4n) is 3.05. The van der Waals surface area contributed by atoms with Gasteiger partial charge in [0.1, 0.15) is 14.9 Å². The molecule has 1 nitrogen and oxygen atoms in total. The van der Waals surface area contributed by atoms with Gasteiger partial charge in [-0.05, 0) is 12.8 Å². The second-order valence-corrected chi connectivity index (χ2v) is 7.38. The quantitative estimate of drug-likeness (QED) is 0.358. The van der Waals surface area contributed by atoms with Gasteiger partial charge in [-0.2, -0.15) is 0 Å². The van der Waals surface area contributed by atoms with Crippen LogP contribution in [-0.2, 0) is 0 Å². The molecule has 6 heteroatoms. The molecule has 0 aromatic heterocycles. The molecule has 4 aliphatic rings. The van der Waals surface area contributed by atoms with E-state index in [0.717, 1.165) is 12.8 Å². The molecule has 0 N–H and O–H groups in total. The van der Waals surface area contributed by atoms with Crippen molar-refractivity contribution >= 4 is 63.2 Å². The molecule has 4 rings (SSSR count). The van der Waals surface area contributed by atoms with Gasteiger partial charge in [-0.1, -0.05) is 47.0 Å². The molecule has 1 heterocycles. The lowest BCUT2D eigenvalue weighted by Gasteiger charge is -2.54. The summed E-state index contributed by atoms with van der Waals surface area (Å²) in [6, 6.07) is 0. The molecule has 88 valence electrons. The molecule has 4 atom stereocenters. The molecular weight excluding hydrogens is 311 g/mol. The van der Waals surface area contributed by atoms with Crippen molar-refractivity contribution in [1.82, 2.24) is 0 Å². The zero-order valence-electron chi connectivity index (χ0n) is 8.06. The number of halogens is 5. The van der Waals surface area contributed by atoms with E-state index in [1.807, 2.05) is 6.08 Å². The van der Waals surface area contributed by atoms with E-state index in [0.29, 0.717) is 0 Å². The monoisotopic (exact) mass is 317 g/mol. The van der Waals surface area contributed by atoms with E-state index in [2.05, 4.69) is 11.1 Å². The van der Waals surface area contributed by atoms with Gasteiger partial charge in [0.25, 0.3) is 0 Å². The minimum atomic E-state index is -1.46. The standard InChI is InChI=1S/C10H8Cl5N/c11-7-8(12)5-1-3-6(4-2-5)9(8,13)10(14,15)16-7/h1,3,5-6H,2,4H2/t5-,6+,8-,9-/m0/s1. The Morgan fingerprint density at radius 2 is 1.62 bits per heavy atom. The number of aliphatic imine (C=N–C) groups is 1. The van der Waals surface area contributed by atoms with Gasteiger partial charge in [0.05, 0.1) is 0 Å². The van der Waals surface area contributed by atoms with E-state index < -0.39 is 14.2 Å². The summed E-state index contributed by atoms with van der Waals surface area (Å²) in [7, 11) is 0. The summed E-state index contributed by atoms with van der Waals surface area (Å²) in [6.45, 7) is 0. The first-order chi connectivity index (χ1) is 7.34. The Balaban J connectivity index is 2.26. The van der Waals surface area contributed by atoms with Crippen LogP contribution in [0.4, 0.5) is 0 Å². The van der Waals surface area contributed by atoms with E-state index in [9.17, 15) is 0 Å². The fraction of sp³-hybridized carbons (Fsp3) is 0.700. The van der Waals surface area contributed by atoms with Crippen LogP contribution in [0.2, 0.25) is 0 Å². The summed E-state index contributed by atoms with van der Waals surface area (Å²) in [5.41, 5.74) is 0. The molecule has 0 unspecified atom stereocenters. The molecule has 3 aliphatic carbocycles. The Hall–Kier alpha value is 0.860. The molecule has 0 aromatic rings. The van der Waals surface area contributed by atoms with Gasteiger partial charge in [-0.25, -0.2) is 4.99 Å². The third-order valence-corrected chi connectivity index (χ3v) is 7.04. The van der Waals surface area contributed by atoms with Gasteiger partial charge in [-0.15, -0.1) is 23.2 Å². The van der Waals surface area contributed by atoms with Crippen LogP contribution in [-0.4, -0.2) is 19.4 Å². The maximum Gasteiger partial charge on any atom is 0.230 e. The van der Waals surface area contributed by atoms with Crippen molar-refractivity contribution < 1.29 is 0 Å². The average Bonchev–Trinajstić information content (AvgIpc) is 2.38. The van der Waals surface area contributed by atoms with Crippen LogP contribution in [0, 0.1) is 11.8 Å². The van der Waals surface area contributed by atoms with Crippen LogP contribution < -0.4 is 0 Å². The molecule has 0 amide bonds. The summed E-state index contributed by atoms with van der Waals surface area (Å²) >= 11 is 31.8. The zero-order valence-corrected chi connectivity index (χ0v) is 11.8. The first kappa shape index (κ1) is 11.9. The van der Waals surface area contributed by atoms with E-state index in [1.54, 1.807) is 0 Å². The van der Waals surface area contributed by atoms with Crippen molar-refractivity contribution in [2.75, 3.05) is 0 Å². The van der Waals surface area contributed by atoms with Crippen LogP contribution in [0.5, 0.6) is 0 Å². The van der Waals surface area contributed by atoms with Crippen molar-refractivity contribution in [1.29, 1.82) is 0 Å². The highest BCUT2D eigenvalue weighted by Crippen LogP contribution is 2.68. The van der Waals surface area contributed by atoms with Gasteiger partial charge >= 0.3 is 0 Å². The summed E-state index contributed by atoms with van der Waals surface area (Å²) in [5, 5.41) is 0.230. The predicted octanol–water partition coefficient (Wildman–Crippen LogP) is 4.32. The van der Waals surface area contributed by atoms with Gasteiger partial charge in [0, 0.05) is 11.8 Å². The second kappa shape index (κ2) is 3.24. The minimum Gasteiger partial charge on any atom is -0.235 e. The normalized spacial score (nSPS) is 52.7. The molecular formula is C10H8Cl5N. The minimum absolute atomic E-state index is 0.00617. The van der Waals surface area contributed by atoms with E-state index >= 15 is 0 Å². The largest absolute Gasteiger partial charge is 0.235 e. The molecule has 0 saturated heterocycles. The molecule has 0 aromatic carbocycles. The maximum atomic E-state index is 6.65. The highest BCUT2D eigenvalue weighted by Gasteiger charge is 2.75. The SMILES string of the molecule is ClC1=NC(Cl)(Cl)[C@]2(Cl)[C@@H]3C=C[C@@H](CC3)[C@]12Cl. The first-order valence-electron chi connectivity index (χ1n) is 5.04. The third kappa shape index (κ3) is 1.06. The third-order valence-electron chi connectivity index (χ3n) is 3.89. The van der Waals surface area contributed by atoms with Gasteiger partial charge in [0.15, 0.2) is 0 Å². The Bertz CT molecular complexity index is 417. The topological polar surface area (TPSA) is 12.4 Å². The average molecular weight is 319 g/mol. The lowest BCUT2D eigenvalue weighted by Crippen LogP contribution is -2.65. The van der Waals surface area contributed by atoms with E-state index in [4.69, 9.17) is 58.0 Å². The molecule has 2 bridgehead atoms. The van der Waals surface area contributed by atoms with E-state index in [1.165, 1.54) is 0 Å². The zero-order chi connectivity index (χ0) is 11.8. The van der Waals surface area contributed by atoms with Crippen molar-refractivity contribution in [2.24, 2.45) is 16.8 Å². The Kier molecular flexibility index (Phi) is 2.42. The van der Waals surface area contributed by atoms with Gasteiger partial charge < -0.3 is 0 Å². The van der Waals surface area contributed by atoms with Crippen LogP contribution in [0.1, 0.15) is 12.8 Å². The lowest BCUT2D eigenvalue weighted by molar-refractivity contribution is 0.219. The molecule has 0 radical (unpaired) electrons. The van der Waals surface area contributed by atoms with Crippen molar-refractivity contribution in [3.63, 3.8) is 0 Å². The molecule has 1 fully saturated rings. The summed E-state index contributed by atoms with van der Waals surface area (Å²) in [5.74, 6) is 0.0546. The summed E-state index contributed by atoms with van der Waals surface area (Å²) < 4.78 is -1.46. The second-order valence-electron chi connectivity index (χ2n) is 4.54. The Labute approximate surface area is 119 Å². The highest BCUT2D eigenvalue weighted by molar-refractivity contribution is 6.77. The number of rotatable bonds is 0. The number of alkyl halides is 4. The Morgan fingerprint density at radius 1 is 1.06 bits per heavy atom. The van der Waals surface area contributed by atoms with Gasteiger partial charge in [-0.3, -0.25) is 0 Å². The van der Waals surface area contributed by atoms with Crippen molar-refractivity contribution in [3.05, 3.63) is 12.2 Å². The van der Waals surface area contributed by atoms with Crippen molar-refractivity contribution in [2.45, 2.75) is 27.0 Å². The number of hydrogen-bond acceptors (Lipinski definition) is 1. The number of allylic oxidation sites excluding steroid dienone is 2. The van der Waals surface area contributed by atoms with Crippen LogP contribution in [0.25, 0.3) is 0 Å². The van der Waals surface area contributed by atoms with Crippen LogP contribution in [0.15, 0.2) is 17.1 Å². The Morgan fingerprint density at radius 3 is 2.12 bits per heavy atom. The van der Waals surface area contributed by atoms with E-state index in [-0.39, 0.29) is 17.0 Å². The highest BCUT2D eigenvalue weighted by atomic mass is 35.5. The van der Waals surface area contributed by atoms with Crippen molar-refractivity contribution in [3.8, 4) is 0 Å². The number of fused-ring (bicyclic) bond motifs is 1. The van der Waals surface area contributed by atoms with Crippen LogP contribution >= 0.6 is 58.0 Å². The van der Waals surface area contributed by atoms with Crippen LogP contribution in [0.3, 0.4) is 0 Å². The lowest BCUT2D eigenvalue weighted by atomic mass is 9.62. The predicted molar refractivity (Wildman–Crippen MR) is 70.2 cm³/mol. The smallest absolute Gasteiger partial charge is 0.230 e. The molecule has 0 spiro atoms. The fourth-order valence-corrected chi connectivity index (χ4v) is 5.40. The molecule has 1 saturated carbocycles. The number of nitrogens with zero attached hydrogens (tertiary/aromatic N) is 1.